The molecule has 0 radical (unpaired) electrons. The number of ether oxygens (including phenoxy) is 1. The Morgan fingerprint density at radius 2 is 1.86 bits per heavy atom. The zero-order chi connectivity index (χ0) is 16.1. The molecule has 22 heavy (non-hydrogen) atoms. The molecule has 0 unspecified atom stereocenters. The number of carbonyl (C=O) groups excluding carboxylic acids is 2. The van der Waals surface area contributed by atoms with E-state index < -0.39 is 11.7 Å². The van der Waals surface area contributed by atoms with Crippen LogP contribution >= 0.6 is 23.1 Å². The first-order valence-electron chi connectivity index (χ1n) is 6.04. The van der Waals surface area contributed by atoms with E-state index in [1.807, 2.05) is 0 Å². The lowest BCUT2D eigenvalue weighted by Crippen LogP contribution is -2.10. The Hall–Kier alpha value is -1.93. The first-order valence-corrected chi connectivity index (χ1v) is 7.73. The lowest BCUT2D eigenvalue weighted by atomic mass is 10.2. The maximum absolute atomic E-state index is 12.2. The van der Waals surface area contributed by atoms with Crippen LogP contribution in [0.2, 0.25) is 0 Å². The highest BCUT2D eigenvalue weighted by Gasteiger charge is 2.12. The number of amides is 1. The molecular weight excluding hydrogens is 332 g/mol. The van der Waals surface area contributed by atoms with E-state index in [2.05, 4.69) is 10.1 Å². The number of carbonyl (C=O) groups is 2. The van der Waals surface area contributed by atoms with Crippen molar-refractivity contribution in [2.24, 2.45) is 0 Å². The molecule has 0 aliphatic rings. The van der Waals surface area contributed by atoms with Gasteiger partial charge in [-0.15, -0.1) is 11.3 Å². The number of benzene rings is 1. The number of thioether (sulfide) groups is 1. The van der Waals surface area contributed by atoms with Gasteiger partial charge in [-0.3, -0.25) is 4.79 Å². The first kappa shape index (κ1) is 16.4. The number of rotatable bonds is 5. The van der Waals surface area contributed by atoms with Gasteiger partial charge in [-0.1, -0.05) is 11.8 Å². The molecule has 8 heteroatoms. The van der Waals surface area contributed by atoms with Crippen LogP contribution in [-0.2, 0) is 4.74 Å². The van der Waals surface area contributed by atoms with Gasteiger partial charge in [-0.2, -0.15) is 8.78 Å². The molecule has 1 amide bonds. The zero-order valence-corrected chi connectivity index (χ0v) is 13.0. The average Bonchev–Trinajstić information content (AvgIpc) is 2.95. The number of anilines is 1. The second-order valence-corrected chi connectivity index (χ2v) is 6.16. The Kier molecular flexibility index (Phi) is 5.51. The van der Waals surface area contributed by atoms with Crippen LogP contribution in [0.15, 0.2) is 41.3 Å². The van der Waals surface area contributed by atoms with Crippen molar-refractivity contribution in [2.75, 3.05) is 12.4 Å². The van der Waals surface area contributed by atoms with E-state index in [1.165, 1.54) is 31.4 Å². The van der Waals surface area contributed by atoms with Crippen molar-refractivity contribution in [1.29, 1.82) is 0 Å². The van der Waals surface area contributed by atoms with Gasteiger partial charge in [-0.25, -0.2) is 4.79 Å². The fraction of sp³-hybridized carbons (Fsp3) is 0.143. The predicted molar refractivity (Wildman–Crippen MR) is 81.9 cm³/mol. The lowest BCUT2D eigenvalue weighted by molar-refractivity contribution is 0.0606. The van der Waals surface area contributed by atoms with Gasteiger partial charge in [0.1, 0.15) is 4.88 Å². The normalized spacial score (nSPS) is 10.5. The van der Waals surface area contributed by atoms with E-state index in [1.54, 1.807) is 12.1 Å². The van der Waals surface area contributed by atoms with E-state index >= 15 is 0 Å². The molecule has 1 aromatic carbocycles. The number of hydrogen-bond acceptors (Lipinski definition) is 5. The minimum Gasteiger partial charge on any atom is -0.465 e. The fourth-order valence-electron chi connectivity index (χ4n) is 1.59. The highest BCUT2D eigenvalue weighted by molar-refractivity contribution is 7.99. The van der Waals surface area contributed by atoms with Crippen molar-refractivity contribution in [3.05, 3.63) is 46.8 Å². The summed E-state index contributed by atoms with van der Waals surface area (Å²) in [5.74, 6) is -3.35. The van der Waals surface area contributed by atoms with Crippen LogP contribution in [0.5, 0.6) is 0 Å². The number of halogens is 2. The average molecular weight is 343 g/mol. The van der Waals surface area contributed by atoms with Gasteiger partial charge in [-0.05, 0) is 36.4 Å². The molecule has 0 atom stereocenters. The molecule has 0 fully saturated rings. The molecule has 0 aliphatic heterocycles. The van der Waals surface area contributed by atoms with Crippen LogP contribution in [-0.4, -0.2) is 24.7 Å². The largest absolute Gasteiger partial charge is 0.465 e. The summed E-state index contributed by atoms with van der Waals surface area (Å²) in [5, 5.41) is 3.13. The highest BCUT2D eigenvalue weighted by atomic mass is 32.2. The maximum Gasteiger partial charge on any atom is 0.348 e. The molecule has 116 valence electrons. The molecule has 0 saturated carbocycles. The third-order valence-corrected chi connectivity index (χ3v) is 4.27. The minimum atomic E-state index is -2.50. The second-order valence-electron chi connectivity index (χ2n) is 4.01. The maximum atomic E-state index is 12.2. The topological polar surface area (TPSA) is 55.4 Å². The van der Waals surface area contributed by atoms with Gasteiger partial charge in [0.15, 0.2) is 0 Å². The third-order valence-electron chi connectivity index (χ3n) is 2.57. The van der Waals surface area contributed by atoms with E-state index in [9.17, 15) is 18.4 Å². The highest BCUT2D eigenvalue weighted by Crippen LogP contribution is 2.26. The van der Waals surface area contributed by atoms with E-state index in [-0.39, 0.29) is 5.91 Å². The van der Waals surface area contributed by atoms with E-state index in [0.29, 0.717) is 32.1 Å². The smallest absolute Gasteiger partial charge is 0.348 e. The minimum absolute atomic E-state index is 0.339. The third kappa shape index (κ3) is 4.28. The standard InChI is InChI=1S/C14H11F2NO3S2/c1-20-13(19)10-6-7-11(22-10)17-12(18)8-2-4-9(5-3-8)21-14(15)16/h2-7,14H,1H3,(H,17,18). The summed E-state index contributed by atoms with van der Waals surface area (Å²) in [7, 11) is 1.28. The summed E-state index contributed by atoms with van der Waals surface area (Å²) in [4.78, 5) is 24.1. The first-order chi connectivity index (χ1) is 10.5. The second kappa shape index (κ2) is 7.37. The van der Waals surface area contributed by atoms with Crippen LogP contribution in [0, 0.1) is 0 Å². The van der Waals surface area contributed by atoms with Crippen molar-refractivity contribution in [2.45, 2.75) is 10.7 Å². The lowest BCUT2D eigenvalue weighted by Gasteiger charge is -2.04. The van der Waals surface area contributed by atoms with Gasteiger partial charge >= 0.3 is 5.97 Å². The number of nitrogens with one attached hydrogen (secondary N) is 1. The Labute approximate surface area is 133 Å². The molecule has 0 aliphatic carbocycles. The molecule has 1 N–H and O–H groups in total. The molecular formula is C14H11F2NO3S2. The van der Waals surface area contributed by atoms with Crippen LogP contribution < -0.4 is 5.32 Å². The van der Waals surface area contributed by atoms with Gasteiger partial charge in [0, 0.05) is 10.5 Å². The summed E-state index contributed by atoms with van der Waals surface area (Å²) >= 11 is 1.51. The Balaban J connectivity index is 2.02. The van der Waals surface area contributed by atoms with Gasteiger partial charge in [0.25, 0.3) is 11.7 Å². The van der Waals surface area contributed by atoms with E-state index in [4.69, 9.17) is 0 Å². The van der Waals surface area contributed by atoms with Crippen LogP contribution in [0.25, 0.3) is 0 Å². The Morgan fingerprint density at radius 3 is 2.45 bits per heavy atom. The number of alkyl halides is 2. The Bertz CT molecular complexity index is 671. The molecule has 4 nitrogen and oxygen atoms in total. The number of methoxy groups -OCH3 is 1. The quantitative estimate of drug-likeness (QED) is 0.656. The SMILES string of the molecule is COC(=O)c1ccc(NC(=O)c2ccc(SC(F)F)cc2)s1. The summed E-state index contributed by atoms with van der Waals surface area (Å²) in [5.41, 5.74) is 0.339. The number of esters is 1. The number of thiophene rings is 1. The zero-order valence-electron chi connectivity index (χ0n) is 11.3. The molecule has 2 rings (SSSR count). The van der Waals surface area contributed by atoms with Crippen LogP contribution in [0.1, 0.15) is 20.0 Å². The molecule has 0 spiro atoms. The van der Waals surface area contributed by atoms with Crippen molar-refractivity contribution in [1.82, 2.24) is 0 Å². The fourth-order valence-corrected chi connectivity index (χ4v) is 2.91. The summed E-state index contributed by atoms with van der Waals surface area (Å²) < 4.78 is 29.0. The van der Waals surface area contributed by atoms with Crippen LogP contribution in [0.3, 0.4) is 0 Å². The van der Waals surface area contributed by atoms with Crippen molar-refractivity contribution in [3.8, 4) is 0 Å². The van der Waals surface area contributed by atoms with Gasteiger partial charge in [0.2, 0.25) is 0 Å². The monoisotopic (exact) mass is 343 g/mol. The van der Waals surface area contributed by atoms with Crippen molar-refractivity contribution in [3.63, 3.8) is 0 Å². The Morgan fingerprint density at radius 1 is 1.18 bits per heavy atom. The molecule has 2 aromatic rings. The molecule has 0 saturated heterocycles. The summed E-state index contributed by atoms with van der Waals surface area (Å²) in [6.45, 7) is 0. The predicted octanol–water partition coefficient (Wildman–Crippen LogP) is 4.10. The van der Waals surface area contributed by atoms with Gasteiger partial charge < -0.3 is 10.1 Å². The summed E-state index contributed by atoms with van der Waals surface area (Å²) in [6.07, 6.45) is 0. The van der Waals surface area contributed by atoms with E-state index in [0.717, 1.165) is 11.3 Å². The number of hydrogen-bond donors (Lipinski definition) is 1. The van der Waals surface area contributed by atoms with Crippen LogP contribution in [0.4, 0.5) is 13.8 Å². The molecule has 1 aromatic heterocycles. The molecule has 0 bridgehead atoms. The van der Waals surface area contributed by atoms with Gasteiger partial charge in [0.05, 0.1) is 12.1 Å². The summed E-state index contributed by atoms with van der Waals surface area (Å²) in [6, 6.07) is 8.99. The van der Waals surface area contributed by atoms with Crippen molar-refractivity contribution >= 4 is 40.0 Å². The molecule has 1 heterocycles. The van der Waals surface area contributed by atoms with Crippen molar-refractivity contribution < 1.29 is 23.1 Å².